The molecule has 0 aromatic heterocycles. The summed E-state index contributed by atoms with van der Waals surface area (Å²) < 4.78 is 0. The third-order valence-electron chi connectivity index (χ3n) is 4.84. The van der Waals surface area contributed by atoms with Gasteiger partial charge in [-0.2, -0.15) is 0 Å². The molecule has 1 N–H and O–H groups in total. The molecule has 0 fully saturated rings. The Kier molecular flexibility index (Phi) is 8.52. The van der Waals surface area contributed by atoms with Crippen LogP contribution >= 0.6 is 11.6 Å². The molecule has 0 unspecified atom stereocenters. The first-order valence-electron chi connectivity index (χ1n) is 9.82. The molecule has 2 rings (SSSR count). The zero-order chi connectivity index (χ0) is 20.5. The fraction of sp³-hybridized carbons (Fsp3) is 0.391. The van der Waals surface area contributed by atoms with Crippen molar-refractivity contribution < 1.29 is 9.59 Å². The van der Waals surface area contributed by atoms with Crippen LogP contribution in [0, 0.1) is 0 Å². The van der Waals surface area contributed by atoms with Gasteiger partial charge in [-0.05, 0) is 36.6 Å². The highest BCUT2D eigenvalue weighted by atomic mass is 35.5. The predicted molar refractivity (Wildman–Crippen MR) is 114 cm³/mol. The van der Waals surface area contributed by atoms with Crippen LogP contribution in [0.25, 0.3) is 0 Å². The van der Waals surface area contributed by atoms with Crippen LogP contribution in [0.15, 0.2) is 54.6 Å². The van der Waals surface area contributed by atoms with E-state index in [0.29, 0.717) is 24.4 Å². The van der Waals surface area contributed by atoms with E-state index in [1.807, 2.05) is 63.2 Å². The van der Waals surface area contributed by atoms with Gasteiger partial charge in [-0.3, -0.25) is 9.59 Å². The highest BCUT2D eigenvalue weighted by molar-refractivity contribution is 6.30. The number of halogens is 1. The SMILES string of the molecule is CCC(=O)N(Cc1ccc(Cl)cc1)[C@H](Cc1ccccc1)C(=O)N[C@H](C)CC. The van der Waals surface area contributed by atoms with Crippen LogP contribution in [0.1, 0.15) is 44.7 Å². The van der Waals surface area contributed by atoms with Crippen molar-refractivity contribution in [2.24, 2.45) is 0 Å². The molecule has 28 heavy (non-hydrogen) atoms. The topological polar surface area (TPSA) is 49.4 Å². The number of carbonyl (C=O) groups is 2. The van der Waals surface area contributed by atoms with Crippen LogP contribution in [0.2, 0.25) is 5.02 Å². The average molecular weight is 401 g/mol. The minimum atomic E-state index is -0.570. The smallest absolute Gasteiger partial charge is 0.243 e. The summed E-state index contributed by atoms with van der Waals surface area (Å²) >= 11 is 5.99. The van der Waals surface area contributed by atoms with Crippen LogP contribution in [-0.2, 0) is 22.6 Å². The monoisotopic (exact) mass is 400 g/mol. The minimum absolute atomic E-state index is 0.0461. The molecule has 2 amide bonds. The highest BCUT2D eigenvalue weighted by Crippen LogP contribution is 2.17. The molecule has 2 aromatic rings. The van der Waals surface area contributed by atoms with Crippen molar-refractivity contribution in [2.75, 3.05) is 0 Å². The van der Waals surface area contributed by atoms with E-state index in [0.717, 1.165) is 17.5 Å². The number of benzene rings is 2. The molecule has 150 valence electrons. The largest absolute Gasteiger partial charge is 0.352 e. The predicted octanol–water partition coefficient (Wildman–Crippen LogP) is 4.60. The van der Waals surface area contributed by atoms with Crippen LogP contribution in [0.3, 0.4) is 0 Å². The van der Waals surface area contributed by atoms with Crippen molar-refractivity contribution >= 4 is 23.4 Å². The molecule has 4 nitrogen and oxygen atoms in total. The van der Waals surface area contributed by atoms with Crippen molar-refractivity contribution in [3.8, 4) is 0 Å². The van der Waals surface area contributed by atoms with E-state index >= 15 is 0 Å². The second-order valence-corrected chi connectivity index (χ2v) is 7.46. The first-order chi connectivity index (χ1) is 13.4. The second kappa shape index (κ2) is 10.9. The Morgan fingerprint density at radius 3 is 2.21 bits per heavy atom. The van der Waals surface area contributed by atoms with E-state index in [1.165, 1.54) is 0 Å². The highest BCUT2D eigenvalue weighted by Gasteiger charge is 2.30. The molecule has 0 heterocycles. The van der Waals surface area contributed by atoms with E-state index in [4.69, 9.17) is 11.6 Å². The van der Waals surface area contributed by atoms with Gasteiger partial charge in [-0.15, -0.1) is 0 Å². The van der Waals surface area contributed by atoms with E-state index in [2.05, 4.69) is 5.32 Å². The summed E-state index contributed by atoms with van der Waals surface area (Å²) in [6.45, 7) is 6.20. The van der Waals surface area contributed by atoms with Crippen LogP contribution < -0.4 is 5.32 Å². The van der Waals surface area contributed by atoms with Gasteiger partial charge in [-0.1, -0.05) is 67.9 Å². The summed E-state index contributed by atoms with van der Waals surface area (Å²) in [5.74, 6) is -0.163. The van der Waals surface area contributed by atoms with Gasteiger partial charge in [-0.25, -0.2) is 0 Å². The zero-order valence-electron chi connectivity index (χ0n) is 16.8. The van der Waals surface area contributed by atoms with Gasteiger partial charge in [0.2, 0.25) is 11.8 Å². The lowest BCUT2D eigenvalue weighted by Crippen LogP contribution is -2.52. The molecule has 0 aliphatic heterocycles. The number of nitrogens with one attached hydrogen (secondary N) is 1. The van der Waals surface area contributed by atoms with Crippen molar-refractivity contribution in [3.63, 3.8) is 0 Å². The summed E-state index contributed by atoms with van der Waals surface area (Å²) in [7, 11) is 0. The Hall–Kier alpha value is -2.33. The maximum absolute atomic E-state index is 13.1. The van der Waals surface area contributed by atoms with Gasteiger partial charge in [0.15, 0.2) is 0 Å². The quantitative estimate of drug-likeness (QED) is 0.668. The normalized spacial score (nSPS) is 12.9. The lowest BCUT2D eigenvalue weighted by Gasteiger charge is -2.32. The number of rotatable bonds is 9. The lowest BCUT2D eigenvalue weighted by atomic mass is 10.0. The fourth-order valence-electron chi connectivity index (χ4n) is 2.98. The molecule has 0 spiro atoms. The Labute approximate surface area is 172 Å². The number of amides is 2. The van der Waals surface area contributed by atoms with Gasteiger partial charge in [0.05, 0.1) is 0 Å². The third-order valence-corrected chi connectivity index (χ3v) is 5.09. The Morgan fingerprint density at radius 2 is 1.64 bits per heavy atom. The molecular weight excluding hydrogens is 372 g/mol. The molecule has 0 bridgehead atoms. The van der Waals surface area contributed by atoms with Gasteiger partial charge in [0.25, 0.3) is 0 Å². The van der Waals surface area contributed by atoms with Crippen LogP contribution in [-0.4, -0.2) is 28.8 Å². The van der Waals surface area contributed by atoms with Crippen molar-refractivity contribution in [3.05, 3.63) is 70.7 Å². The van der Waals surface area contributed by atoms with Crippen molar-refractivity contribution in [1.29, 1.82) is 0 Å². The van der Waals surface area contributed by atoms with Crippen molar-refractivity contribution in [1.82, 2.24) is 10.2 Å². The van der Waals surface area contributed by atoms with Gasteiger partial charge < -0.3 is 10.2 Å². The second-order valence-electron chi connectivity index (χ2n) is 7.03. The number of hydrogen-bond acceptors (Lipinski definition) is 2. The summed E-state index contributed by atoms with van der Waals surface area (Å²) in [6, 6.07) is 16.7. The molecular formula is C23H29ClN2O2. The lowest BCUT2D eigenvalue weighted by molar-refractivity contribution is -0.141. The van der Waals surface area contributed by atoms with Gasteiger partial charge in [0.1, 0.15) is 6.04 Å². The Bertz CT molecular complexity index is 762. The van der Waals surface area contributed by atoms with Gasteiger partial charge in [0, 0.05) is 30.5 Å². The number of carbonyl (C=O) groups excluding carboxylic acids is 2. The van der Waals surface area contributed by atoms with Crippen molar-refractivity contribution in [2.45, 2.75) is 58.7 Å². The van der Waals surface area contributed by atoms with E-state index in [1.54, 1.807) is 17.0 Å². The first kappa shape index (κ1) is 22.0. The fourth-order valence-corrected chi connectivity index (χ4v) is 3.11. The third kappa shape index (κ3) is 6.38. The van der Waals surface area contributed by atoms with E-state index < -0.39 is 6.04 Å². The molecule has 0 radical (unpaired) electrons. The molecule has 5 heteroatoms. The maximum atomic E-state index is 13.1. The maximum Gasteiger partial charge on any atom is 0.243 e. The summed E-state index contributed by atoms with van der Waals surface area (Å²) in [6.07, 6.45) is 1.65. The Balaban J connectivity index is 2.33. The standard InChI is InChI=1S/C23H29ClN2O2/c1-4-17(3)25-23(28)21(15-18-9-7-6-8-10-18)26(22(27)5-2)16-19-11-13-20(24)14-12-19/h6-14,17,21H,4-5,15-16H2,1-3H3,(H,25,28)/t17-,21-/m1/s1. The molecule has 0 saturated carbocycles. The Morgan fingerprint density at radius 1 is 1.00 bits per heavy atom. The molecule has 2 aromatic carbocycles. The minimum Gasteiger partial charge on any atom is -0.352 e. The van der Waals surface area contributed by atoms with E-state index in [-0.39, 0.29) is 17.9 Å². The van der Waals surface area contributed by atoms with Crippen LogP contribution in [0.5, 0.6) is 0 Å². The molecule has 0 aliphatic rings. The molecule has 2 atom stereocenters. The molecule has 0 aliphatic carbocycles. The summed E-state index contributed by atoms with van der Waals surface area (Å²) in [4.78, 5) is 27.6. The van der Waals surface area contributed by atoms with Crippen LogP contribution in [0.4, 0.5) is 0 Å². The average Bonchev–Trinajstić information content (AvgIpc) is 2.71. The molecule has 0 saturated heterocycles. The zero-order valence-corrected chi connectivity index (χ0v) is 17.6. The number of hydrogen-bond donors (Lipinski definition) is 1. The number of nitrogens with zero attached hydrogens (tertiary/aromatic N) is 1. The van der Waals surface area contributed by atoms with Gasteiger partial charge >= 0.3 is 0 Å². The first-order valence-corrected chi connectivity index (χ1v) is 10.2. The summed E-state index contributed by atoms with van der Waals surface area (Å²) in [5, 5.41) is 3.70. The van der Waals surface area contributed by atoms with E-state index in [9.17, 15) is 9.59 Å². The summed E-state index contributed by atoms with van der Waals surface area (Å²) in [5.41, 5.74) is 1.97.